The van der Waals surface area contributed by atoms with Crippen molar-refractivity contribution < 1.29 is 8.42 Å². The van der Waals surface area contributed by atoms with Crippen LogP contribution in [0.3, 0.4) is 0 Å². The minimum Gasteiger partial charge on any atom is -0.316 e. The van der Waals surface area contributed by atoms with Crippen LogP contribution in [-0.4, -0.2) is 44.7 Å². The Morgan fingerprint density at radius 1 is 1.05 bits per heavy atom. The van der Waals surface area contributed by atoms with Crippen LogP contribution in [0.5, 0.6) is 0 Å². The molecule has 0 aromatic carbocycles. The molecule has 0 aromatic rings. The first kappa shape index (κ1) is 17.2. The second-order valence-corrected chi connectivity index (χ2v) is 8.87. The van der Waals surface area contributed by atoms with Gasteiger partial charge in [0.2, 0.25) is 10.0 Å². The zero-order valence-corrected chi connectivity index (χ0v) is 14.3. The number of hydrogen-bond acceptors (Lipinski definition) is 3. The number of nitrogens with one attached hydrogen (secondary N) is 1. The molecule has 1 aliphatic heterocycles. The first-order chi connectivity index (χ1) is 10.1. The lowest BCUT2D eigenvalue weighted by molar-refractivity contribution is 0.257. The van der Waals surface area contributed by atoms with Crippen molar-refractivity contribution in [3.8, 4) is 0 Å². The lowest BCUT2D eigenvalue weighted by atomic mass is 9.91. The summed E-state index contributed by atoms with van der Waals surface area (Å²) < 4.78 is 27.1. The van der Waals surface area contributed by atoms with E-state index in [1.165, 1.54) is 19.3 Å². The van der Waals surface area contributed by atoms with Crippen LogP contribution in [-0.2, 0) is 10.0 Å². The fourth-order valence-corrected chi connectivity index (χ4v) is 5.67. The van der Waals surface area contributed by atoms with Gasteiger partial charge >= 0.3 is 0 Å². The summed E-state index contributed by atoms with van der Waals surface area (Å²) in [7, 11) is -3.04. The van der Waals surface area contributed by atoms with Crippen molar-refractivity contribution in [1.82, 2.24) is 9.62 Å². The molecule has 2 fully saturated rings. The molecule has 1 heterocycles. The highest BCUT2D eigenvalue weighted by atomic mass is 32.2. The predicted octanol–water partition coefficient (Wildman–Crippen LogP) is 2.61. The van der Waals surface area contributed by atoms with E-state index in [-0.39, 0.29) is 0 Å². The third-order valence-corrected chi connectivity index (χ3v) is 6.92. The van der Waals surface area contributed by atoms with E-state index in [9.17, 15) is 8.42 Å². The Morgan fingerprint density at radius 2 is 1.76 bits per heavy atom. The summed E-state index contributed by atoms with van der Waals surface area (Å²) in [5.41, 5.74) is 0. The maximum Gasteiger partial charge on any atom is 0.214 e. The van der Waals surface area contributed by atoms with Gasteiger partial charge in [-0.25, -0.2) is 12.7 Å². The van der Waals surface area contributed by atoms with Gasteiger partial charge in [-0.3, -0.25) is 0 Å². The smallest absolute Gasteiger partial charge is 0.214 e. The Morgan fingerprint density at radius 3 is 2.48 bits per heavy atom. The summed E-state index contributed by atoms with van der Waals surface area (Å²) in [6, 6.07) is 0. The predicted molar refractivity (Wildman–Crippen MR) is 87.8 cm³/mol. The number of rotatable bonds is 7. The molecule has 5 heteroatoms. The van der Waals surface area contributed by atoms with E-state index in [4.69, 9.17) is 0 Å². The molecule has 0 radical (unpaired) electrons. The van der Waals surface area contributed by atoms with E-state index < -0.39 is 10.0 Å². The average Bonchev–Trinajstić information content (AvgIpc) is 2.48. The average molecular weight is 317 g/mol. The number of piperidine rings is 1. The highest BCUT2D eigenvalue weighted by Crippen LogP contribution is 2.27. The van der Waals surface area contributed by atoms with E-state index in [0.717, 1.165) is 58.3 Å². The van der Waals surface area contributed by atoms with Crippen molar-refractivity contribution in [2.24, 2.45) is 11.8 Å². The largest absolute Gasteiger partial charge is 0.316 e. The van der Waals surface area contributed by atoms with Crippen molar-refractivity contribution in [1.29, 1.82) is 0 Å². The summed E-state index contributed by atoms with van der Waals surface area (Å²) in [5.74, 6) is 1.29. The molecule has 0 aromatic heterocycles. The SMILES string of the molecule is CCCNCC1CCCN(S(=O)(=O)CC2CCCCC2)C1. The van der Waals surface area contributed by atoms with Crippen LogP contribution in [0.4, 0.5) is 0 Å². The van der Waals surface area contributed by atoms with E-state index in [2.05, 4.69) is 12.2 Å². The Labute approximate surface area is 130 Å². The van der Waals surface area contributed by atoms with Gasteiger partial charge in [0.15, 0.2) is 0 Å². The zero-order valence-electron chi connectivity index (χ0n) is 13.5. The highest BCUT2D eigenvalue weighted by Gasteiger charge is 2.31. The molecule has 1 N–H and O–H groups in total. The molecule has 124 valence electrons. The van der Waals surface area contributed by atoms with E-state index in [1.807, 2.05) is 0 Å². The number of nitrogens with zero attached hydrogens (tertiary/aromatic N) is 1. The van der Waals surface area contributed by atoms with Crippen LogP contribution >= 0.6 is 0 Å². The van der Waals surface area contributed by atoms with Gasteiger partial charge in [0.25, 0.3) is 0 Å². The zero-order chi connectivity index (χ0) is 15.1. The third-order valence-electron chi connectivity index (χ3n) is 4.91. The lowest BCUT2D eigenvalue weighted by Crippen LogP contribution is -2.44. The van der Waals surface area contributed by atoms with Crippen LogP contribution in [0, 0.1) is 11.8 Å². The van der Waals surface area contributed by atoms with E-state index >= 15 is 0 Å². The van der Waals surface area contributed by atoms with Crippen molar-refractivity contribution in [3.63, 3.8) is 0 Å². The molecule has 4 nitrogen and oxygen atoms in total. The summed E-state index contributed by atoms with van der Waals surface area (Å²) in [6.45, 7) is 5.62. The first-order valence-electron chi connectivity index (χ1n) is 8.80. The Balaban J connectivity index is 1.83. The molecule has 0 bridgehead atoms. The molecular weight excluding hydrogens is 284 g/mol. The summed E-state index contributed by atoms with van der Waals surface area (Å²) >= 11 is 0. The Kier molecular flexibility index (Phi) is 6.96. The molecule has 0 amide bonds. The lowest BCUT2D eigenvalue weighted by Gasteiger charge is -2.33. The van der Waals surface area contributed by atoms with Crippen molar-refractivity contribution in [2.45, 2.75) is 58.3 Å². The molecule has 1 saturated carbocycles. The molecule has 1 saturated heterocycles. The van der Waals surface area contributed by atoms with Crippen molar-refractivity contribution in [2.75, 3.05) is 31.9 Å². The van der Waals surface area contributed by atoms with Gasteiger partial charge in [-0.15, -0.1) is 0 Å². The van der Waals surface area contributed by atoms with Crippen molar-refractivity contribution >= 4 is 10.0 Å². The van der Waals surface area contributed by atoms with Crippen LogP contribution in [0.2, 0.25) is 0 Å². The fourth-order valence-electron chi connectivity index (χ4n) is 3.69. The molecule has 1 aliphatic carbocycles. The number of sulfonamides is 1. The standard InChI is InChI=1S/C16H32N2O2S/c1-2-10-17-12-16-9-6-11-18(13-16)21(19,20)14-15-7-4-3-5-8-15/h15-17H,2-14H2,1H3. The monoisotopic (exact) mass is 316 g/mol. The quantitative estimate of drug-likeness (QED) is 0.735. The molecule has 0 spiro atoms. The van der Waals surface area contributed by atoms with Gasteiger partial charge in [-0.1, -0.05) is 26.2 Å². The normalized spacial score (nSPS) is 26.0. The van der Waals surface area contributed by atoms with Crippen LogP contribution in [0.1, 0.15) is 58.3 Å². The van der Waals surface area contributed by atoms with E-state index in [0.29, 0.717) is 17.6 Å². The molecular formula is C16H32N2O2S. The number of hydrogen-bond donors (Lipinski definition) is 1. The minimum absolute atomic E-state index is 0.391. The van der Waals surface area contributed by atoms with Gasteiger partial charge in [0, 0.05) is 13.1 Å². The van der Waals surface area contributed by atoms with Gasteiger partial charge in [0.1, 0.15) is 0 Å². The Hall–Kier alpha value is -0.130. The maximum absolute atomic E-state index is 12.6. The molecule has 21 heavy (non-hydrogen) atoms. The molecule has 2 rings (SSSR count). The fraction of sp³-hybridized carbons (Fsp3) is 1.00. The molecule has 2 aliphatic rings. The van der Waals surface area contributed by atoms with Gasteiger partial charge in [-0.2, -0.15) is 0 Å². The topological polar surface area (TPSA) is 49.4 Å². The Bertz CT molecular complexity index is 391. The minimum atomic E-state index is -3.04. The second-order valence-electron chi connectivity index (χ2n) is 6.85. The summed E-state index contributed by atoms with van der Waals surface area (Å²) in [5, 5.41) is 3.44. The molecule has 1 unspecified atom stereocenters. The summed E-state index contributed by atoms with van der Waals surface area (Å²) in [4.78, 5) is 0. The van der Waals surface area contributed by atoms with E-state index in [1.54, 1.807) is 4.31 Å². The van der Waals surface area contributed by atoms with Crippen LogP contribution in [0.25, 0.3) is 0 Å². The summed E-state index contributed by atoms with van der Waals surface area (Å²) in [6.07, 6.45) is 9.23. The first-order valence-corrected chi connectivity index (χ1v) is 10.4. The van der Waals surface area contributed by atoms with Crippen molar-refractivity contribution in [3.05, 3.63) is 0 Å². The maximum atomic E-state index is 12.6. The second kappa shape index (κ2) is 8.49. The highest BCUT2D eigenvalue weighted by molar-refractivity contribution is 7.89. The van der Waals surface area contributed by atoms with Crippen LogP contribution < -0.4 is 5.32 Å². The van der Waals surface area contributed by atoms with Gasteiger partial charge in [0.05, 0.1) is 5.75 Å². The van der Waals surface area contributed by atoms with Gasteiger partial charge in [-0.05, 0) is 57.0 Å². The molecule has 1 atom stereocenters. The van der Waals surface area contributed by atoms with Crippen LogP contribution in [0.15, 0.2) is 0 Å². The third kappa shape index (κ3) is 5.53. The van der Waals surface area contributed by atoms with Gasteiger partial charge < -0.3 is 5.32 Å².